The van der Waals surface area contributed by atoms with E-state index in [1.165, 1.54) is 13.0 Å². The van der Waals surface area contributed by atoms with Crippen LogP contribution in [-0.2, 0) is 10.0 Å². The van der Waals surface area contributed by atoms with Gasteiger partial charge in [0.2, 0.25) is 10.0 Å². The van der Waals surface area contributed by atoms with E-state index in [1.807, 2.05) is 0 Å². The zero-order chi connectivity index (χ0) is 14.8. The molecule has 1 aromatic carbocycles. The SMILES string of the molecule is Cc1cc(S(=O)(=O)N[C@H](C)CO)cc([N+](=O)[O-])c1C. The van der Waals surface area contributed by atoms with E-state index in [1.54, 1.807) is 13.8 Å². The average Bonchev–Trinajstić information content (AvgIpc) is 2.31. The molecule has 0 spiro atoms. The van der Waals surface area contributed by atoms with Crippen molar-refractivity contribution in [1.29, 1.82) is 0 Å². The summed E-state index contributed by atoms with van der Waals surface area (Å²) in [5.74, 6) is 0. The monoisotopic (exact) mass is 288 g/mol. The Bertz CT molecular complexity index is 597. The van der Waals surface area contributed by atoms with Crippen molar-refractivity contribution in [2.24, 2.45) is 0 Å². The molecule has 0 radical (unpaired) electrons. The molecular weight excluding hydrogens is 272 g/mol. The van der Waals surface area contributed by atoms with Gasteiger partial charge in [-0.1, -0.05) is 0 Å². The molecule has 8 heteroatoms. The standard InChI is InChI=1S/C11H16N2O5S/c1-7-4-10(5-11(9(7)3)13(15)16)19(17,18)12-8(2)6-14/h4-5,8,12,14H,6H2,1-3H3/t8-/m1/s1. The number of aliphatic hydroxyl groups excluding tert-OH is 1. The second kappa shape index (κ2) is 5.64. The van der Waals surface area contributed by atoms with Crippen LogP contribution in [0.5, 0.6) is 0 Å². The molecule has 0 unspecified atom stereocenters. The molecule has 7 nitrogen and oxygen atoms in total. The molecule has 2 N–H and O–H groups in total. The Labute approximate surface area is 111 Å². The lowest BCUT2D eigenvalue weighted by molar-refractivity contribution is -0.385. The summed E-state index contributed by atoms with van der Waals surface area (Å²) in [6.07, 6.45) is 0. The molecule has 0 heterocycles. The van der Waals surface area contributed by atoms with Gasteiger partial charge in [-0.3, -0.25) is 10.1 Å². The van der Waals surface area contributed by atoms with Gasteiger partial charge in [-0.2, -0.15) is 0 Å². The Hall–Kier alpha value is -1.51. The Kier molecular flexibility index (Phi) is 4.61. The highest BCUT2D eigenvalue weighted by Gasteiger charge is 2.22. The largest absolute Gasteiger partial charge is 0.395 e. The molecule has 106 valence electrons. The maximum atomic E-state index is 12.0. The van der Waals surface area contributed by atoms with E-state index < -0.39 is 21.0 Å². The van der Waals surface area contributed by atoms with E-state index >= 15 is 0 Å². The summed E-state index contributed by atoms with van der Waals surface area (Å²) < 4.78 is 26.2. The number of rotatable bonds is 5. The number of nitrogens with one attached hydrogen (secondary N) is 1. The van der Waals surface area contributed by atoms with E-state index in [4.69, 9.17) is 5.11 Å². The van der Waals surface area contributed by atoms with Crippen molar-refractivity contribution in [3.8, 4) is 0 Å². The molecule has 0 bridgehead atoms. The van der Waals surface area contributed by atoms with Crippen LogP contribution in [-0.4, -0.2) is 31.1 Å². The third kappa shape index (κ3) is 3.49. The second-order valence-electron chi connectivity index (χ2n) is 4.35. The van der Waals surface area contributed by atoms with Gasteiger partial charge >= 0.3 is 0 Å². The number of aliphatic hydroxyl groups is 1. The summed E-state index contributed by atoms with van der Waals surface area (Å²) in [4.78, 5) is 10.1. The Morgan fingerprint density at radius 1 is 1.42 bits per heavy atom. The maximum absolute atomic E-state index is 12.0. The summed E-state index contributed by atoms with van der Waals surface area (Å²) in [5, 5.41) is 19.7. The van der Waals surface area contributed by atoms with Crippen molar-refractivity contribution < 1.29 is 18.4 Å². The van der Waals surface area contributed by atoms with E-state index in [0.717, 1.165) is 6.07 Å². The first-order valence-electron chi connectivity index (χ1n) is 5.58. The van der Waals surface area contributed by atoms with Gasteiger partial charge in [0, 0.05) is 17.7 Å². The number of nitro benzene ring substituents is 1. The molecule has 1 aromatic rings. The molecule has 0 aliphatic carbocycles. The van der Waals surface area contributed by atoms with E-state index in [9.17, 15) is 18.5 Å². The predicted octanol–water partition coefficient (Wildman–Crippen LogP) is 0.871. The molecule has 0 amide bonds. The predicted molar refractivity (Wildman–Crippen MR) is 69.4 cm³/mol. The number of nitrogens with zero attached hydrogens (tertiary/aromatic N) is 1. The quantitative estimate of drug-likeness (QED) is 0.617. The lowest BCUT2D eigenvalue weighted by atomic mass is 10.1. The van der Waals surface area contributed by atoms with E-state index in [0.29, 0.717) is 11.1 Å². The van der Waals surface area contributed by atoms with Crippen molar-refractivity contribution >= 4 is 15.7 Å². The van der Waals surface area contributed by atoms with E-state index in [2.05, 4.69) is 4.72 Å². The Morgan fingerprint density at radius 3 is 2.47 bits per heavy atom. The fourth-order valence-electron chi connectivity index (χ4n) is 1.52. The molecule has 1 rings (SSSR count). The van der Waals surface area contributed by atoms with Crippen molar-refractivity contribution in [3.05, 3.63) is 33.4 Å². The van der Waals surface area contributed by atoms with Crippen molar-refractivity contribution in [2.45, 2.75) is 31.7 Å². The minimum atomic E-state index is -3.88. The zero-order valence-corrected chi connectivity index (χ0v) is 11.7. The third-order valence-electron chi connectivity index (χ3n) is 2.75. The third-order valence-corrected chi connectivity index (χ3v) is 4.32. The first kappa shape index (κ1) is 15.5. The fourth-order valence-corrected chi connectivity index (χ4v) is 2.86. The molecular formula is C11H16N2O5S. The van der Waals surface area contributed by atoms with Gasteiger partial charge in [-0.05, 0) is 32.4 Å². The van der Waals surface area contributed by atoms with Crippen LogP contribution in [0.15, 0.2) is 17.0 Å². The summed E-state index contributed by atoms with van der Waals surface area (Å²) >= 11 is 0. The molecule has 1 atom stereocenters. The lowest BCUT2D eigenvalue weighted by Gasteiger charge is -2.12. The summed E-state index contributed by atoms with van der Waals surface area (Å²) in [6, 6.07) is 1.73. The van der Waals surface area contributed by atoms with Crippen molar-refractivity contribution in [2.75, 3.05) is 6.61 Å². The summed E-state index contributed by atoms with van der Waals surface area (Å²) in [6.45, 7) is 4.31. The van der Waals surface area contributed by atoms with Crippen LogP contribution < -0.4 is 4.72 Å². The minimum absolute atomic E-state index is 0.178. The van der Waals surface area contributed by atoms with Gasteiger partial charge in [0.1, 0.15) is 0 Å². The lowest BCUT2D eigenvalue weighted by Crippen LogP contribution is -2.35. The average molecular weight is 288 g/mol. The van der Waals surface area contributed by atoms with E-state index in [-0.39, 0.29) is 17.2 Å². The highest BCUT2D eigenvalue weighted by molar-refractivity contribution is 7.89. The number of sulfonamides is 1. The Balaban J connectivity index is 3.32. The van der Waals surface area contributed by atoms with Crippen LogP contribution in [0.25, 0.3) is 0 Å². The Morgan fingerprint density at radius 2 is 2.00 bits per heavy atom. The normalized spacial score (nSPS) is 13.3. The number of benzene rings is 1. The van der Waals surface area contributed by atoms with Gasteiger partial charge in [-0.25, -0.2) is 13.1 Å². The van der Waals surface area contributed by atoms with Gasteiger partial charge in [0.05, 0.1) is 16.4 Å². The molecule has 0 saturated heterocycles. The highest BCUT2D eigenvalue weighted by atomic mass is 32.2. The highest BCUT2D eigenvalue weighted by Crippen LogP contribution is 2.25. The number of aryl methyl sites for hydroxylation is 1. The van der Waals surface area contributed by atoms with Crippen LogP contribution >= 0.6 is 0 Å². The summed E-state index contributed by atoms with van der Waals surface area (Å²) in [7, 11) is -3.88. The van der Waals surface area contributed by atoms with Crippen molar-refractivity contribution in [1.82, 2.24) is 4.72 Å². The summed E-state index contributed by atoms with van der Waals surface area (Å²) in [5.41, 5.74) is 0.711. The molecule has 0 aliphatic heterocycles. The number of hydrogen-bond donors (Lipinski definition) is 2. The second-order valence-corrected chi connectivity index (χ2v) is 6.06. The molecule has 0 saturated carbocycles. The number of nitro groups is 1. The van der Waals surface area contributed by atoms with Gasteiger partial charge in [0.15, 0.2) is 0 Å². The number of hydrogen-bond acceptors (Lipinski definition) is 5. The molecule has 0 fully saturated rings. The van der Waals surface area contributed by atoms with Gasteiger partial charge in [0.25, 0.3) is 5.69 Å². The van der Waals surface area contributed by atoms with Gasteiger partial charge < -0.3 is 5.11 Å². The van der Waals surface area contributed by atoms with Crippen molar-refractivity contribution in [3.63, 3.8) is 0 Å². The first-order valence-corrected chi connectivity index (χ1v) is 7.06. The van der Waals surface area contributed by atoms with Crippen LogP contribution in [0.3, 0.4) is 0 Å². The van der Waals surface area contributed by atoms with Crippen LogP contribution in [0.2, 0.25) is 0 Å². The van der Waals surface area contributed by atoms with Gasteiger partial charge in [-0.15, -0.1) is 0 Å². The topological polar surface area (TPSA) is 110 Å². The minimum Gasteiger partial charge on any atom is -0.395 e. The van der Waals surface area contributed by atoms with Crippen LogP contribution in [0.1, 0.15) is 18.1 Å². The fraction of sp³-hybridized carbons (Fsp3) is 0.455. The zero-order valence-electron chi connectivity index (χ0n) is 10.9. The molecule has 0 aromatic heterocycles. The van der Waals surface area contributed by atoms with Crippen LogP contribution in [0.4, 0.5) is 5.69 Å². The molecule has 0 aliphatic rings. The molecule has 19 heavy (non-hydrogen) atoms. The first-order chi connectivity index (χ1) is 8.69. The smallest absolute Gasteiger partial charge is 0.273 e. The van der Waals surface area contributed by atoms with Crippen LogP contribution in [0, 0.1) is 24.0 Å². The maximum Gasteiger partial charge on any atom is 0.273 e.